The first-order chi connectivity index (χ1) is 24.3. The third-order valence-corrected chi connectivity index (χ3v) is 10.8. The third-order valence-electron chi connectivity index (χ3n) is 10.4. The average molecular weight is 914 g/mol. The molecule has 1 aliphatic heterocycles. The topological polar surface area (TPSA) is 82.1 Å². The second-order valence-corrected chi connectivity index (χ2v) is 14.5. The molecule has 0 aliphatic carbocycles. The van der Waals surface area contributed by atoms with Gasteiger partial charge in [0.2, 0.25) is 0 Å². The number of hydrogen-bond donors (Lipinski definition) is 1. The van der Waals surface area contributed by atoms with Gasteiger partial charge in [0.1, 0.15) is 6.10 Å². The van der Waals surface area contributed by atoms with E-state index in [-0.39, 0.29) is 131 Å². The maximum absolute atomic E-state index is 11.1. The molecule has 5 nitrogen and oxygen atoms in total. The zero-order valence-corrected chi connectivity index (χ0v) is 34.1. The van der Waals surface area contributed by atoms with E-state index in [0.717, 1.165) is 18.4 Å². The van der Waals surface area contributed by atoms with Gasteiger partial charge in [-0.2, -0.15) is 0 Å². The van der Waals surface area contributed by atoms with Crippen LogP contribution in [0.3, 0.4) is 0 Å². The van der Waals surface area contributed by atoms with Crippen LogP contribution in [-0.4, -0.2) is 38.3 Å². The maximum atomic E-state index is 11.1. The van der Waals surface area contributed by atoms with E-state index in [0.29, 0.717) is 36.9 Å². The molecule has 4 aromatic carbocycles. The Hall–Kier alpha value is -2.13. The summed E-state index contributed by atoms with van der Waals surface area (Å²) in [5, 5.41) is 10.6. The van der Waals surface area contributed by atoms with Gasteiger partial charge in [-0.05, 0) is 97.3 Å². The molecular formula is C56H105NaO5S. The Morgan fingerprint density at radius 1 is 0.556 bits per heavy atom. The van der Waals surface area contributed by atoms with Crippen molar-refractivity contribution in [3.8, 4) is 0 Å². The number of ether oxygens (including phenoxy) is 1. The fourth-order valence-corrected chi connectivity index (χ4v) is 7.42. The van der Waals surface area contributed by atoms with Crippen LogP contribution in [0.2, 0.25) is 0 Å². The Bertz CT molecular complexity index is 1500. The minimum atomic E-state index is -2.65. The molecule has 1 saturated heterocycles. The first kappa shape index (κ1) is 84.3. The summed E-state index contributed by atoms with van der Waals surface area (Å²) in [5.41, 5.74) is 5.25. The summed E-state index contributed by atoms with van der Waals surface area (Å²) < 4.78 is 33.3. The Kier molecular flexibility index (Phi) is 62.1. The summed E-state index contributed by atoms with van der Waals surface area (Å²) >= 11 is -2.65. The van der Waals surface area contributed by atoms with Crippen molar-refractivity contribution in [2.75, 3.05) is 0 Å². The van der Waals surface area contributed by atoms with Gasteiger partial charge in [0.15, 0.2) is 0 Å². The van der Waals surface area contributed by atoms with Crippen LogP contribution in [0.1, 0.15) is 214 Å². The van der Waals surface area contributed by atoms with E-state index >= 15 is 0 Å². The van der Waals surface area contributed by atoms with Crippen molar-refractivity contribution in [1.29, 1.82) is 0 Å². The number of aliphatic hydroxyl groups excluding tert-OH is 1. The summed E-state index contributed by atoms with van der Waals surface area (Å²) in [5.74, 6) is 1.69. The van der Waals surface area contributed by atoms with Gasteiger partial charge >= 0.3 is 29.6 Å². The van der Waals surface area contributed by atoms with Crippen LogP contribution in [0.15, 0.2) is 121 Å². The number of epoxide rings is 1. The van der Waals surface area contributed by atoms with Crippen LogP contribution in [0, 0.1) is 0 Å². The van der Waals surface area contributed by atoms with Crippen LogP contribution in [0.4, 0.5) is 0 Å². The SMILES string of the molecule is C.C.C.C.C.C.C.C.C.C.C.C.CCC(CC(OS(=O)[O-])C(O)CCC(C)c1ccccc1)c1ccccc1.CCC(CC1OC1CCC(C)c1ccccc1)c1ccccc1.[Na+]. The summed E-state index contributed by atoms with van der Waals surface area (Å²) in [6.07, 6.45) is 6.73. The molecule has 5 rings (SSSR count). The van der Waals surface area contributed by atoms with Gasteiger partial charge in [0, 0.05) is 0 Å². The third kappa shape index (κ3) is 29.9. The quantitative estimate of drug-likeness (QED) is 0.0576. The smallest absolute Gasteiger partial charge is 0.750 e. The van der Waals surface area contributed by atoms with Crippen molar-refractivity contribution in [2.45, 2.75) is 216 Å². The van der Waals surface area contributed by atoms with Gasteiger partial charge in [0.05, 0.1) is 29.7 Å². The van der Waals surface area contributed by atoms with Crippen molar-refractivity contribution < 1.29 is 52.3 Å². The summed E-state index contributed by atoms with van der Waals surface area (Å²) in [4.78, 5) is 0. The predicted octanol–water partition coefficient (Wildman–Crippen LogP) is 15.3. The molecule has 0 aromatic heterocycles. The van der Waals surface area contributed by atoms with Crippen molar-refractivity contribution in [3.63, 3.8) is 0 Å². The van der Waals surface area contributed by atoms with Gasteiger partial charge in [-0.25, -0.2) is 4.21 Å². The minimum absolute atomic E-state index is 0. The Morgan fingerprint density at radius 3 is 1.27 bits per heavy atom. The first-order valence-electron chi connectivity index (χ1n) is 18.6. The van der Waals surface area contributed by atoms with Crippen molar-refractivity contribution in [1.82, 2.24) is 0 Å². The molecule has 1 heterocycles. The summed E-state index contributed by atoms with van der Waals surface area (Å²) in [7, 11) is 0. The molecule has 0 spiro atoms. The van der Waals surface area contributed by atoms with Crippen molar-refractivity contribution >= 4 is 11.4 Å². The van der Waals surface area contributed by atoms with Gasteiger partial charge in [0.25, 0.3) is 0 Å². The number of aliphatic hydroxyl groups is 1. The van der Waals surface area contributed by atoms with Crippen molar-refractivity contribution in [2.24, 2.45) is 0 Å². The molecule has 4 aromatic rings. The van der Waals surface area contributed by atoms with Gasteiger partial charge in [-0.1, -0.05) is 238 Å². The molecule has 63 heavy (non-hydrogen) atoms. The largest absolute Gasteiger partial charge is 1.00 e. The molecule has 7 heteroatoms. The van der Waals surface area contributed by atoms with Gasteiger partial charge < -0.3 is 14.4 Å². The number of benzene rings is 4. The normalized spacial score (nSPS) is 15.5. The second-order valence-electron chi connectivity index (χ2n) is 13.9. The minimum Gasteiger partial charge on any atom is -0.750 e. The molecule has 0 amide bonds. The number of hydrogen-bond acceptors (Lipinski definition) is 5. The first-order valence-corrected chi connectivity index (χ1v) is 19.6. The van der Waals surface area contributed by atoms with Gasteiger partial charge in [-0.3, -0.25) is 4.18 Å². The van der Waals surface area contributed by atoms with E-state index in [1.165, 1.54) is 42.4 Å². The molecular weight excluding hydrogens is 808 g/mol. The molecule has 366 valence electrons. The van der Waals surface area contributed by atoms with Crippen molar-refractivity contribution in [3.05, 3.63) is 144 Å². The monoisotopic (exact) mass is 913 g/mol. The van der Waals surface area contributed by atoms with Crippen LogP contribution in [0.25, 0.3) is 0 Å². The summed E-state index contributed by atoms with van der Waals surface area (Å²) in [6.45, 7) is 8.79. The van der Waals surface area contributed by atoms with E-state index in [9.17, 15) is 13.9 Å². The second kappa shape index (κ2) is 46.4. The molecule has 9 atom stereocenters. The fraction of sp³-hybridized carbons (Fsp3) is 0.571. The van der Waals surface area contributed by atoms with Crippen LogP contribution in [0.5, 0.6) is 0 Å². The Labute approximate surface area is 420 Å². The fourth-order valence-electron chi connectivity index (χ4n) is 7.01. The molecule has 0 saturated carbocycles. The summed E-state index contributed by atoms with van der Waals surface area (Å²) in [6, 6.07) is 41.8. The van der Waals surface area contributed by atoms with E-state index < -0.39 is 23.6 Å². The number of rotatable bonds is 19. The molecule has 1 aliphatic rings. The molecule has 1 fully saturated rings. The van der Waals surface area contributed by atoms with E-state index in [2.05, 4.69) is 100 Å². The van der Waals surface area contributed by atoms with E-state index in [4.69, 9.17) is 8.92 Å². The van der Waals surface area contributed by atoms with Gasteiger partial charge in [-0.15, -0.1) is 0 Å². The molecule has 9 unspecified atom stereocenters. The molecule has 0 bridgehead atoms. The maximum Gasteiger partial charge on any atom is 1.00 e. The van der Waals surface area contributed by atoms with E-state index in [1.807, 2.05) is 48.5 Å². The van der Waals surface area contributed by atoms with E-state index in [1.54, 1.807) is 0 Å². The Balaban J connectivity index is -0.0000000929. The standard InChI is InChI=1S/C22H30O4S.C22H28O.12CH4.Na/c1-3-18(20-12-8-5-9-13-20)16-22(26-27(24)25)21(23)15-14-17(2)19-10-6-4-7-11-19;1-3-18(20-12-8-5-9-13-20)16-22-21(23-22)15-14-17(2)19-10-6-4-7-11-19;;;;;;;;;;;;;/h4-13,17-18,21-23H,3,14-16H2,1-2H3,(H,24,25);4-13,17-18,21-22H,3,14-16H2,1-2H3;12*1H4;/q;;;;;;;;;;;;;;+1/p-1. The Morgan fingerprint density at radius 2 is 0.905 bits per heavy atom. The molecule has 1 N–H and O–H groups in total. The molecule has 0 radical (unpaired) electrons. The average Bonchev–Trinajstić information content (AvgIpc) is 3.92. The predicted molar refractivity (Wildman–Crippen MR) is 286 cm³/mol. The zero-order chi connectivity index (χ0) is 35.7. The van der Waals surface area contributed by atoms with Crippen LogP contribution < -0.4 is 29.6 Å². The van der Waals surface area contributed by atoms with Crippen LogP contribution >= 0.6 is 0 Å². The zero-order valence-electron chi connectivity index (χ0n) is 31.3. The van der Waals surface area contributed by atoms with Crippen LogP contribution in [-0.2, 0) is 20.3 Å².